The molecule has 1 amide bonds. The topological polar surface area (TPSA) is 81.5 Å². The highest BCUT2D eigenvalue weighted by molar-refractivity contribution is 7.99. The van der Waals surface area contributed by atoms with E-state index in [2.05, 4.69) is 5.32 Å². The van der Waals surface area contributed by atoms with E-state index in [0.29, 0.717) is 17.5 Å². The molecule has 0 bridgehead atoms. The lowest BCUT2D eigenvalue weighted by Gasteiger charge is -2.11. The molecule has 6 nitrogen and oxygen atoms in total. The van der Waals surface area contributed by atoms with Gasteiger partial charge in [-0.25, -0.2) is 0 Å². The number of thioether (sulfide) groups is 1. The van der Waals surface area contributed by atoms with Crippen molar-refractivity contribution in [2.75, 3.05) is 12.9 Å². The fourth-order valence-corrected chi connectivity index (χ4v) is 3.36. The zero-order chi connectivity index (χ0) is 15.9. The number of rotatable bonds is 7. The Morgan fingerprint density at radius 3 is 2.82 bits per heavy atom. The van der Waals surface area contributed by atoms with Crippen molar-refractivity contribution in [1.29, 1.82) is 0 Å². The molecule has 0 aliphatic heterocycles. The Bertz CT molecular complexity index is 544. The van der Waals surface area contributed by atoms with Gasteiger partial charge in [0, 0.05) is 17.9 Å². The highest BCUT2D eigenvalue weighted by Gasteiger charge is 2.17. The molecule has 0 atom stereocenters. The SMILES string of the molecule is COc1ccc(CSCC(=O)NC2CCCC2)cc1[N+](=O)[O-]. The zero-order valence-corrected chi connectivity index (χ0v) is 13.4. The number of nitrogens with one attached hydrogen (secondary N) is 1. The van der Waals surface area contributed by atoms with Crippen LogP contribution in [0.1, 0.15) is 31.2 Å². The maximum atomic E-state index is 11.8. The fourth-order valence-electron chi connectivity index (χ4n) is 2.57. The summed E-state index contributed by atoms with van der Waals surface area (Å²) in [5, 5.41) is 14.0. The van der Waals surface area contributed by atoms with Crippen LogP contribution < -0.4 is 10.1 Å². The Balaban J connectivity index is 1.82. The summed E-state index contributed by atoms with van der Waals surface area (Å²) in [5.41, 5.74) is 0.766. The molecule has 1 fully saturated rings. The van der Waals surface area contributed by atoms with Gasteiger partial charge in [0.25, 0.3) is 0 Å². The van der Waals surface area contributed by atoms with E-state index < -0.39 is 4.92 Å². The van der Waals surface area contributed by atoms with Crippen molar-refractivity contribution in [3.8, 4) is 5.75 Å². The molecule has 1 aliphatic rings. The summed E-state index contributed by atoms with van der Waals surface area (Å²) in [6.07, 6.45) is 4.52. The first-order valence-electron chi connectivity index (χ1n) is 7.28. The first kappa shape index (κ1) is 16.6. The second-order valence-corrected chi connectivity index (χ2v) is 6.29. The molecular weight excluding hydrogens is 304 g/mol. The van der Waals surface area contributed by atoms with Gasteiger partial charge in [-0.2, -0.15) is 0 Å². The number of carbonyl (C=O) groups excluding carboxylic acids is 1. The van der Waals surface area contributed by atoms with Crippen LogP contribution in [0.2, 0.25) is 0 Å². The third kappa shape index (κ3) is 4.62. The van der Waals surface area contributed by atoms with E-state index in [1.165, 1.54) is 37.8 Å². The highest BCUT2D eigenvalue weighted by atomic mass is 32.2. The normalized spacial score (nSPS) is 14.8. The summed E-state index contributed by atoms with van der Waals surface area (Å²) in [6, 6.07) is 5.20. The molecule has 1 aromatic carbocycles. The van der Waals surface area contributed by atoms with Gasteiger partial charge in [-0.05, 0) is 24.5 Å². The van der Waals surface area contributed by atoms with Crippen LogP contribution in [0, 0.1) is 10.1 Å². The van der Waals surface area contributed by atoms with Gasteiger partial charge in [0.15, 0.2) is 5.75 Å². The van der Waals surface area contributed by atoms with Gasteiger partial charge < -0.3 is 10.1 Å². The molecule has 120 valence electrons. The molecule has 0 heterocycles. The first-order valence-corrected chi connectivity index (χ1v) is 8.44. The number of nitrogens with zero attached hydrogens (tertiary/aromatic N) is 1. The van der Waals surface area contributed by atoms with Gasteiger partial charge in [-0.3, -0.25) is 14.9 Å². The molecule has 0 unspecified atom stereocenters. The zero-order valence-electron chi connectivity index (χ0n) is 12.5. The van der Waals surface area contributed by atoms with E-state index in [1.807, 2.05) is 0 Å². The lowest BCUT2D eigenvalue weighted by atomic mass is 10.2. The van der Waals surface area contributed by atoms with Crippen LogP contribution in [-0.4, -0.2) is 29.7 Å². The van der Waals surface area contributed by atoms with Crippen molar-refractivity contribution in [2.45, 2.75) is 37.5 Å². The summed E-state index contributed by atoms with van der Waals surface area (Å²) in [4.78, 5) is 22.3. The van der Waals surface area contributed by atoms with Crippen molar-refractivity contribution >= 4 is 23.4 Å². The van der Waals surface area contributed by atoms with Crippen molar-refractivity contribution in [3.05, 3.63) is 33.9 Å². The molecule has 0 saturated heterocycles. The third-order valence-electron chi connectivity index (χ3n) is 3.66. The molecule has 22 heavy (non-hydrogen) atoms. The Morgan fingerprint density at radius 2 is 2.18 bits per heavy atom. The minimum atomic E-state index is -0.459. The quantitative estimate of drug-likeness (QED) is 0.616. The maximum absolute atomic E-state index is 11.8. The van der Waals surface area contributed by atoms with Gasteiger partial charge in [0.2, 0.25) is 5.91 Å². The molecule has 2 rings (SSSR count). The fraction of sp³-hybridized carbons (Fsp3) is 0.533. The standard InChI is InChI=1S/C15H20N2O4S/c1-21-14-7-6-11(8-13(14)17(19)20)9-22-10-15(18)16-12-4-2-3-5-12/h6-8,12H,2-5,9-10H2,1H3,(H,16,18). The number of ether oxygens (including phenoxy) is 1. The first-order chi connectivity index (χ1) is 10.6. The number of benzene rings is 1. The number of hydrogen-bond acceptors (Lipinski definition) is 5. The summed E-state index contributed by atoms with van der Waals surface area (Å²) in [5.74, 6) is 1.22. The molecule has 7 heteroatoms. The second kappa shape index (κ2) is 8.03. The van der Waals surface area contributed by atoms with Crippen LogP contribution in [0.3, 0.4) is 0 Å². The van der Waals surface area contributed by atoms with Crippen molar-refractivity contribution < 1.29 is 14.5 Å². The van der Waals surface area contributed by atoms with E-state index in [1.54, 1.807) is 12.1 Å². The van der Waals surface area contributed by atoms with Crippen LogP contribution in [0.5, 0.6) is 5.75 Å². The second-order valence-electron chi connectivity index (χ2n) is 5.31. The van der Waals surface area contributed by atoms with Gasteiger partial charge in [-0.1, -0.05) is 18.9 Å². The smallest absolute Gasteiger partial charge is 0.311 e. The van der Waals surface area contributed by atoms with Crippen LogP contribution >= 0.6 is 11.8 Å². The van der Waals surface area contributed by atoms with Crippen molar-refractivity contribution in [1.82, 2.24) is 5.32 Å². The summed E-state index contributed by atoms with van der Waals surface area (Å²) < 4.78 is 4.97. The predicted molar refractivity (Wildman–Crippen MR) is 86.2 cm³/mol. The lowest BCUT2D eigenvalue weighted by molar-refractivity contribution is -0.385. The van der Waals surface area contributed by atoms with Gasteiger partial charge in [0.1, 0.15) is 0 Å². The lowest BCUT2D eigenvalue weighted by Crippen LogP contribution is -2.33. The number of hydrogen-bond donors (Lipinski definition) is 1. The Hall–Kier alpha value is -1.76. The minimum absolute atomic E-state index is 0.0416. The molecule has 1 N–H and O–H groups in total. The van der Waals surface area contributed by atoms with Gasteiger partial charge in [-0.15, -0.1) is 11.8 Å². The monoisotopic (exact) mass is 324 g/mol. The van der Waals surface area contributed by atoms with Crippen molar-refractivity contribution in [2.24, 2.45) is 0 Å². The average molecular weight is 324 g/mol. The van der Waals surface area contributed by atoms with Gasteiger partial charge in [0.05, 0.1) is 17.8 Å². The molecule has 0 spiro atoms. The average Bonchev–Trinajstić information content (AvgIpc) is 2.99. The van der Waals surface area contributed by atoms with E-state index in [4.69, 9.17) is 4.74 Å². The highest BCUT2D eigenvalue weighted by Crippen LogP contribution is 2.29. The van der Waals surface area contributed by atoms with Crippen molar-refractivity contribution in [3.63, 3.8) is 0 Å². The van der Waals surface area contributed by atoms with Crippen LogP contribution in [-0.2, 0) is 10.5 Å². The number of nitro benzene ring substituents is 1. The Morgan fingerprint density at radius 1 is 1.45 bits per heavy atom. The van der Waals surface area contributed by atoms with Crippen LogP contribution in [0.15, 0.2) is 18.2 Å². The number of amides is 1. The Kier molecular flexibility index (Phi) is 6.06. The summed E-state index contributed by atoms with van der Waals surface area (Å²) in [6.45, 7) is 0. The molecule has 1 aromatic rings. The molecule has 0 aromatic heterocycles. The Labute approximate surface area is 133 Å². The third-order valence-corrected chi connectivity index (χ3v) is 4.67. The van der Waals surface area contributed by atoms with E-state index in [0.717, 1.165) is 18.4 Å². The van der Waals surface area contributed by atoms with E-state index in [-0.39, 0.29) is 17.3 Å². The number of nitro groups is 1. The van der Waals surface area contributed by atoms with Crippen LogP contribution in [0.25, 0.3) is 0 Å². The molecule has 0 radical (unpaired) electrons. The minimum Gasteiger partial charge on any atom is -0.490 e. The molecule has 1 aliphatic carbocycles. The van der Waals surface area contributed by atoms with Crippen LogP contribution in [0.4, 0.5) is 5.69 Å². The van der Waals surface area contributed by atoms with Gasteiger partial charge >= 0.3 is 5.69 Å². The maximum Gasteiger partial charge on any atom is 0.311 e. The summed E-state index contributed by atoms with van der Waals surface area (Å²) in [7, 11) is 1.41. The summed E-state index contributed by atoms with van der Waals surface area (Å²) >= 11 is 1.46. The van der Waals surface area contributed by atoms with E-state index >= 15 is 0 Å². The number of carbonyl (C=O) groups is 1. The largest absolute Gasteiger partial charge is 0.490 e. The predicted octanol–water partition coefficient (Wildman–Crippen LogP) is 2.90. The number of methoxy groups -OCH3 is 1. The molecule has 1 saturated carbocycles. The molecular formula is C15H20N2O4S. The van der Waals surface area contributed by atoms with E-state index in [9.17, 15) is 14.9 Å².